The van der Waals surface area contributed by atoms with Crippen LogP contribution in [0.2, 0.25) is 0 Å². The molecular weight excluding hydrogens is 505 g/mol. The molecule has 1 aromatic carbocycles. The number of aliphatic hydroxyl groups excluding tert-OH is 1. The fraction of sp³-hybridized carbons (Fsp3) is 0.500. The zero-order valence-corrected chi connectivity index (χ0v) is 18.2. The van der Waals surface area contributed by atoms with Crippen LogP contribution in [-0.4, -0.2) is 53.5 Å². The molecule has 176 valence electrons. The van der Waals surface area contributed by atoms with Gasteiger partial charge in [-0.25, -0.2) is 0 Å². The van der Waals surface area contributed by atoms with E-state index < -0.39 is 31.5 Å². The fourth-order valence-corrected chi connectivity index (χ4v) is 4.10. The number of amides is 1. The Morgan fingerprint density at radius 3 is 2.44 bits per heavy atom. The molecule has 1 saturated carbocycles. The van der Waals surface area contributed by atoms with Crippen LogP contribution in [0.1, 0.15) is 36.0 Å². The largest absolute Gasteiger partial charge is 0.434 e. The second-order valence-corrected chi connectivity index (χ2v) is 8.40. The zero-order chi connectivity index (χ0) is 23.5. The van der Waals surface area contributed by atoms with Crippen LogP contribution in [-0.2, 0) is 0 Å². The van der Waals surface area contributed by atoms with E-state index in [9.17, 15) is 26.7 Å². The van der Waals surface area contributed by atoms with Gasteiger partial charge >= 0.3 is 12.8 Å². The Morgan fingerprint density at radius 1 is 1.19 bits per heavy atom. The molecule has 1 amide bonds. The third-order valence-corrected chi connectivity index (χ3v) is 5.91. The van der Waals surface area contributed by atoms with Crippen molar-refractivity contribution in [3.8, 4) is 5.75 Å². The van der Waals surface area contributed by atoms with Gasteiger partial charge in [-0.3, -0.25) is 9.78 Å². The minimum absolute atomic E-state index is 0.0727. The molecular formula is C20H21BrF5N3O3. The second-order valence-electron chi connectivity index (χ2n) is 7.54. The van der Waals surface area contributed by atoms with E-state index in [1.165, 1.54) is 18.3 Å². The summed E-state index contributed by atoms with van der Waals surface area (Å²) in [5.41, 5.74) is 0.639. The molecule has 1 heterocycles. The van der Waals surface area contributed by atoms with E-state index in [0.717, 1.165) is 0 Å². The smallest absolute Gasteiger partial charge is 0.406 e. The molecule has 1 aromatic heterocycles. The zero-order valence-electron chi connectivity index (χ0n) is 16.6. The topological polar surface area (TPSA) is 83.5 Å². The number of hydrogen-bond acceptors (Lipinski definition) is 5. The lowest BCUT2D eigenvalue weighted by Crippen LogP contribution is -2.51. The number of carbonyl (C=O) groups excluding carboxylic acids is 1. The number of ether oxygens (including phenoxy) is 1. The molecule has 0 spiro atoms. The van der Waals surface area contributed by atoms with Crippen molar-refractivity contribution in [1.82, 2.24) is 15.6 Å². The molecule has 3 rings (SSSR count). The Labute approximate surface area is 188 Å². The average Bonchev–Trinajstić information content (AvgIpc) is 2.72. The number of benzene rings is 1. The first-order valence-corrected chi connectivity index (χ1v) is 10.6. The summed E-state index contributed by atoms with van der Waals surface area (Å²) < 4.78 is 68.0. The van der Waals surface area contributed by atoms with E-state index in [1.807, 2.05) is 0 Å². The van der Waals surface area contributed by atoms with Crippen molar-refractivity contribution in [1.29, 1.82) is 0 Å². The summed E-state index contributed by atoms with van der Waals surface area (Å²) in [6.07, 6.45) is -1.38. The molecule has 2 aromatic rings. The van der Waals surface area contributed by atoms with E-state index in [0.29, 0.717) is 36.6 Å². The molecule has 12 heteroatoms. The molecule has 1 aliphatic carbocycles. The summed E-state index contributed by atoms with van der Waals surface area (Å²) in [6.45, 7) is -4.01. The third kappa shape index (κ3) is 6.26. The quantitative estimate of drug-likeness (QED) is 0.473. The number of fused-ring (bicyclic) bond motifs is 1. The van der Waals surface area contributed by atoms with Crippen molar-refractivity contribution in [2.24, 2.45) is 0 Å². The van der Waals surface area contributed by atoms with Crippen molar-refractivity contribution < 1.29 is 36.6 Å². The molecule has 1 atom stereocenters. The van der Waals surface area contributed by atoms with Gasteiger partial charge in [0, 0.05) is 29.7 Å². The maximum atomic E-state index is 12.8. The van der Waals surface area contributed by atoms with E-state index in [4.69, 9.17) is 5.11 Å². The van der Waals surface area contributed by atoms with Crippen molar-refractivity contribution in [3.63, 3.8) is 0 Å². The Bertz CT molecular complexity index is 952. The van der Waals surface area contributed by atoms with Gasteiger partial charge in [0.25, 0.3) is 5.91 Å². The SMILES string of the molecule is O=C(NC1CCC(N[C@@H](CO)C(F)(F)F)CC1)c1cnc2cc(OC(F)F)c(Br)cc2c1. The van der Waals surface area contributed by atoms with Gasteiger partial charge in [-0.05, 0) is 53.7 Å². The maximum absolute atomic E-state index is 12.8. The number of alkyl halides is 5. The van der Waals surface area contributed by atoms with Gasteiger partial charge in [0.15, 0.2) is 0 Å². The number of aliphatic hydroxyl groups is 1. The minimum Gasteiger partial charge on any atom is -0.434 e. The number of nitrogens with one attached hydrogen (secondary N) is 2. The summed E-state index contributed by atoms with van der Waals surface area (Å²) in [5, 5.41) is 14.8. The van der Waals surface area contributed by atoms with E-state index in [2.05, 4.69) is 36.3 Å². The second kappa shape index (κ2) is 10.3. The van der Waals surface area contributed by atoms with Gasteiger partial charge < -0.3 is 20.5 Å². The van der Waals surface area contributed by atoms with Gasteiger partial charge in [0.1, 0.15) is 11.8 Å². The van der Waals surface area contributed by atoms with Crippen molar-refractivity contribution in [2.75, 3.05) is 6.61 Å². The van der Waals surface area contributed by atoms with Gasteiger partial charge in [-0.1, -0.05) is 0 Å². The predicted octanol–water partition coefficient (Wildman–Crippen LogP) is 4.15. The molecule has 0 bridgehead atoms. The number of halogens is 6. The van der Waals surface area contributed by atoms with Crippen molar-refractivity contribution >= 4 is 32.7 Å². The Balaban J connectivity index is 1.59. The summed E-state index contributed by atoms with van der Waals surface area (Å²) in [6, 6.07) is 1.85. The van der Waals surface area contributed by atoms with E-state index in [1.54, 1.807) is 6.07 Å². The van der Waals surface area contributed by atoms with Gasteiger partial charge in [-0.15, -0.1) is 0 Å². The van der Waals surface area contributed by atoms with Gasteiger partial charge in [0.2, 0.25) is 0 Å². The predicted molar refractivity (Wildman–Crippen MR) is 110 cm³/mol. The van der Waals surface area contributed by atoms with Crippen LogP contribution in [0.15, 0.2) is 28.9 Å². The Morgan fingerprint density at radius 2 is 1.84 bits per heavy atom. The number of carbonyl (C=O) groups is 1. The lowest BCUT2D eigenvalue weighted by atomic mass is 9.90. The van der Waals surface area contributed by atoms with E-state index in [-0.39, 0.29) is 27.7 Å². The summed E-state index contributed by atoms with van der Waals surface area (Å²) >= 11 is 3.15. The first kappa shape index (κ1) is 24.6. The number of aromatic nitrogens is 1. The average molecular weight is 526 g/mol. The lowest BCUT2D eigenvalue weighted by molar-refractivity contribution is -0.166. The first-order valence-electron chi connectivity index (χ1n) is 9.85. The number of pyridine rings is 1. The highest BCUT2D eigenvalue weighted by Crippen LogP contribution is 2.31. The van der Waals surface area contributed by atoms with E-state index >= 15 is 0 Å². The van der Waals surface area contributed by atoms with Crippen molar-refractivity contribution in [3.05, 3.63) is 34.4 Å². The lowest BCUT2D eigenvalue weighted by Gasteiger charge is -2.32. The molecule has 1 aliphatic rings. The number of rotatable bonds is 7. The highest BCUT2D eigenvalue weighted by molar-refractivity contribution is 9.10. The minimum atomic E-state index is -4.52. The molecule has 0 unspecified atom stereocenters. The van der Waals surface area contributed by atoms with Crippen LogP contribution in [0.3, 0.4) is 0 Å². The highest BCUT2D eigenvalue weighted by Gasteiger charge is 2.40. The molecule has 0 aliphatic heterocycles. The maximum Gasteiger partial charge on any atom is 0.406 e. The standard InChI is InChI=1S/C20H21BrF5N3O3/c21-14-6-10-5-11(8-27-15(10)7-16(14)32-19(22)23)18(31)29-13-3-1-12(2-4-13)28-17(9-30)20(24,25)26/h5-8,12-13,17,19,28,30H,1-4,9H2,(H,29,31)/t12?,13?,17-/m0/s1. The first-order chi connectivity index (χ1) is 15.1. The summed E-state index contributed by atoms with van der Waals surface area (Å²) in [7, 11) is 0. The normalized spacial score (nSPS) is 20.4. The van der Waals surface area contributed by atoms with Crippen LogP contribution in [0.5, 0.6) is 5.75 Å². The fourth-order valence-electron chi connectivity index (χ4n) is 3.65. The van der Waals surface area contributed by atoms with Crippen LogP contribution >= 0.6 is 15.9 Å². The van der Waals surface area contributed by atoms with Crippen LogP contribution in [0, 0.1) is 0 Å². The van der Waals surface area contributed by atoms with Crippen LogP contribution in [0.25, 0.3) is 10.9 Å². The monoisotopic (exact) mass is 525 g/mol. The van der Waals surface area contributed by atoms with Crippen LogP contribution in [0.4, 0.5) is 22.0 Å². The molecule has 3 N–H and O–H groups in total. The molecule has 0 saturated heterocycles. The van der Waals surface area contributed by atoms with Gasteiger partial charge in [0.05, 0.1) is 22.2 Å². The third-order valence-electron chi connectivity index (χ3n) is 5.29. The number of hydrogen-bond donors (Lipinski definition) is 3. The van der Waals surface area contributed by atoms with Crippen molar-refractivity contribution in [2.45, 2.75) is 56.6 Å². The molecule has 32 heavy (non-hydrogen) atoms. The van der Waals surface area contributed by atoms with Gasteiger partial charge in [-0.2, -0.15) is 22.0 Å². The molecule has 6 nitrogen and oxygen atoms in total. The Kier molecular flexibility index (Phi) is 7.88. The summed E-state index contributed by atoms with van der Waals surface area (Å²) in [4.78, 5) is 16.7. The summed E-state index contributed by atoms with van der Waals surface area (Å²) in [5.74, 6) is -0.458. The molecule has 0 radical (unpaired) electrons. The Hall–Kier alpha value is -2.05. The number of nitrogens with zero attached hydrogens (tertiary/aromatic N) is 1. The highest BCUT2D eigenvalue weighted by atomic mass is 79.9. The van der Waals surface area contributed by atoms with Crippen LogP contribution < -0.4 is 15.4 Å². The molecule has 1 fully saturated rings.